The molecule has 1 aromatic carbocycles. The van der Waals surface area contributed by atoms with E-state index in [1.807, 2.05) is 25.1 Å². The lowest BCUT2D eigenvalue weighted by atomic mass is 9.96. The first-order chi connectivity index (χ1) is 10.5. The predicted octanol–water partition coefficient (Wildman–Crippen LogP) is 3.25. The van der Waals surface area contributed by atoms with Gasteiger partial charge in [0.2, 0.25) is 5.91 Å². The molecule has 1 aromatic rings. The van der Waals surface area contributed by atoms with Gasteiger partial charge in [0, 0.05) is 32.2 Å². The third-order valence-corrected chi connectivity index (χ3v) is 5.72. The van der Waals surface area contributed by atoms with Crippen molar-refractivity contribution in [2.75, 3.05) is 19.8 Å². The number of carbonyl (C=O) groups excluding carboxylic acids is 1. The topological polar surface area (TPSA) is 23.6 Å². The average molecular weight is 321 g/mol. The second-order valence-corrected chi connectivity index (χ2v) is 7.49. The lowest BCUT2D eigenvalue weighted by Crippen LogP contribution is -2.50. The molecule has 1 aliphatic rings. The van der Waals surface area contributed by atoms with Crippen molar-refractivity contribution in [1.82, 2.24) is 9.80 Å². The Hall–Kier alpha value is -1.00. The molecule has 1 aliphatic heterocycles. The van der Waals surface area contributed by atoms with Gasteiger partial charge in [-0.15, -0.1) is 0 Å². The molecule has 0 aromatic heterocycles. The number of hydrogen-bond donors (Lipinski definition) is 0. The van der Waals surface area contributed by atoms with Crippen LogP contribution in [0.25, 0.3) is 0 Å². The highest BCUT2D eigenvalue weighted by molar-refractivity contribution is 7.99. The van der Waals surface area contributed by atoms with Crippen LogP contribution in [0.1, 0.15) is 32.3 Å². The number of hydrogen-bond acceptors (Lipinski definition) is 3. The van der Waals surface area contributed by atoms with E-state index in [9.17, 15) is 4.79 Å². The third kappa shape index (κ3) is 4.26. The molecule has 0 spiro atoms. The summed E-state index contributed by atoms with van der Waals surface area (Å²) in [7, 11) is 1.97. The summed E-state index contributed by atoms with van der Waals surface area (Å²) in [6, 6.07) is 11.5. The van der Waals surface area contributed by atoms with Crippen molar-refractivity contribution in [3.8, 4) is 0 Å². The second-order valence-electron chi connectivity index (χ2n) is 6.31. The summed E-state index contributed by atoms with van der Waals surface area (Å²) < 4.78 is 0. The zero-order chi connectivity index (χ0) is 16.1. The smallest absolute Gasteiger partial charge is 0.235 e. The number of piperidine rings is 1. The lowest BCUT2D eigenvalue weighted by Gasteiger charge is -2.41. The molecule has 1 fully saturated rings. The van der Waals surface area contributed by atoms with Gasteiger partial charge >= 0.3 is 0 Å². The number of carbonyl (C=O) groups is 1. The van der Waals surface area contributed by atoms with Crippen molar-refractivity contribution in [3.63, 3.8) is 0 Å². The largest absolute Gasteiger partial charge is 0.342 e. The first kappa shape index (κ1) is 17.4. The van der Waals surface area contributed by atoms with Gasteiger partial charge in [-0.2, -0.15) is 11.8 Å². The molecule has 122 valence electrons. The molecule has 0 radical (unpaired) electrons. The van der Waals surface area contributed by atoms with Crippen molar-refractivity contribution >= 4 is 17.7 Å². The normalized spacial score (nSPS) is 24.0. The van der Waals surface area contributed by atoms with E-state index in [4.69, 9.17) is 0 Å². The molecule has 22 heavy (non-hydrogen) atoms. The summed E-state index contributed by atoms with van der Waals surface area (Å²) in [5.41, 5.74) is 1.37. The fraction of sp³-hybridized carbons (Fsp3) is 0.611. The van der Waals surface area contributed by atoms with E-state index < -0.39 is 0 Å². The Kier molecular flexibility index (Phi) is 6.33. The molecule has 0 N–H and O–H groups in total. The number of thioether (sulfide) groups is 1. The molecule has 3 nitrogen and oxygen atoms in total. The molecule has 1 amide bonds. The van der Waals surface area contributed by atoms with Crippen LogP contribution >= 0.6 is 11.8 Å². The number of amides is 1. The molecular formula is C18H28N2OS. The highest BCUT2D eigenvalue weighted by Gasteiger charge is 2.31. The van der Waals surface area contributed by atoms with Gasteiger partial charge in [-0.3, -0.25) is 9.69 Å². The summed E-state index contributed by atoms with van der Waals surface area (Å²) >= 11 is 1.63. The maximum absolute atomic E-state index is 12.3. The molecule has 0 unspecified atom stereocenters. The fourth-order valence-electron chi connectivity index (χ4n) is 3.17. The standard InChI is InChI=1S/C18H28N2OS/c1-14-12-17(19(3)18(21)15(2)22-4)10-11-20(14)13-16-8-6-5-7-9-16/h5-9,14-15,17H,10-13H2,1-4H3/t14-,15-,17-/m1/s1. The Morgan fingerprint density at radius 3 is 2.68 bits per heavy atom. The van der Waals surface area contributed by atoms with Gasteiger partial charge < -0.3 is 4.90 Å². The molecule has 0 bridgehead atoms. The minimum Gasteiger partial charge on any atom is -0.342 e. The minimum absolute atomic E-state index is 0.0580. The maximum atomic E-state index is 12.3. The van der Waals surface area contributed by atoms with Crippen LogP contribution < -0.4 is 0 Å². The lowest BCUT2D eigenvalue weighted by molar-refractivity contribution is -0.132. The summed E-state index contributed by atoms with van der Waals surface area (Å²) in [5, 5.41) is 0.0580. The highest BCUT2D eigenvalue weighted by atomic mass is 32.2. The van der Waals surface area contributed by atoms with Crippen LogP contribution in [-0.4, -0.2) is 52.9 Å². The Morgan fingerprint density at radius 2 is 2.09 bits per heavy atom. The van der Waals surface area contributed by atoms with Crippen LogP contribution in [0.2, 0.25) is 0 Å². The number of benzene rings is 1. The monoisotopic (exact) mass is 320 g/mol. The summed E-state index contributed by atoms with van der Waals surface area (Å²) in [4.78, 5) is 16.9. The van der Waals surface area contributed by atoms with Crippen molar-refractivity contribution < 1.29 is 4.79 Å². The number of likely N-dealkylation sites (tertiary alicyclic amines) is 1. The molecule has 0 saturated carbocycles. The van der Waals surface area contributed by atoms with Gasteiger partial charge in [-0.05, 0) is 38.5 Å². The van der Waals surface area contributed by atoms with Gasteiger partial charge in [-0.1, -0.05) is 30.3 Å². The molecular weight excluding hydrogens is 292 g/mol. The first-order valence-electron chi connectivity index (χ1n) is 8.10. The zero-order valence-electron chi connectivity index (χ0n) is 14.2. The van der Waals surface area contributed by atoms with Crippen LogP contribution in [0, 0.1) is 0 Å². The van der Waals surface area contributed by atoms with E-state index in [0.29, 0.717) is 12.1 Å². The van der Waals surface area contributed by atoms with Gasteiger partial charge in [0.05, 0.1) is 5.25 Å². The number of nitrogens with zero attached hydrogens (tertiary/aromatic N) is 2. The molecule has 1 heterocycles. The van der Waals surface area contributed by atoms with Crippen molar-refractivity contribution in [1.29, 1.82) is 0 Å². The van der Waals surface area contributed by atoms with Gasteiger partial charge in [-0.25, -0.2) is 0 Å². The van der Waals surface area contributed by atoms with Gasteiger partial charge in [0.1, 0.15) is 0 Å². The minimum atomic E-state index is 0.0580. The van der Waals surface area contributed by atoms with Crippen LogP contribution in [0.15, 0.2) is 30.3 Å². The molecule has 2 rings (SSSR count). The fourth-order valence-corrected chi connectivity index (χ4v) is 3.54. The van der Waals surface area contributed by atoms with Crippen LogP contribution in [0.4, 0.5) is 0 Å². The third-order valence-electron chi connectivity index (χ3n) is 4.81. The zero-order valence-corrected chi connectivity index (χ0v) is 15.0. The Balaban J connectivity index is 1.91. The van der Waals surface area contributed by atoms with Crippen molar-refractivity contribution in [2.45, 2.75) is 50.6 Å². The van der Waals surface area contributed by atoms with Crippen LogP contribution in [0.3, 0.4) is 0 Å². The maximum Gasteiger partial charge on any atom is 0.235 e. The highest BCUT2D eigenvalue weighted by Crippen LogP contribution is 2.24. The van der Waals surface area contributed by atoms with Crippen molar-refractivity contribution in [2.24, 2.45) is 0 Å². The van der Waals surface area contributed by atoms with E-state index in [0.717, 1.165) is 25.9 Å². The van der Waals surface area contributed by atoms with Crippen LogP contribution in [0.5, 0.6) is 0 Å². The Labute approximate surface area is 139 Å². The van der Waals surface area contributed by atoms with E-state index in [-0.39, 0.29) is 11.2 Å². The molecule has 0 aliphatic carbocycles. The molecule has 4 heteroatoms. The van der Waals surface area contributed by atoms with Crippen molar-refractivity contribution in [3.05, 3.63) is 35.9 Å². The predicted molar refractivity (Wildman–Crippen MR) is 95.1 cm³/mol. The van der Waals surface area contributed by atoms with Crippen LogP contribution in [-0.2, 0) is 11.3 Å². The van der Waals surface area contributed by atoms with E-state index in [1.165, 1.54) is 5.56 Å². The Bertz CT molecular complexity index is 479. The SMILES string of the molecule is CS[C@H](C)C(=O)N(C)[C@@H]1CCN(Cc2ccccc2)[C@H](C)C1. The van der Waals surface area contributed by atoms with E-state index in [1.54, 1.807) is 11.8 Å². The number of rotatable bonds is 5. The molecule has 1 saturated heterocycles. The first-order valence-corrected chi connectivity index (χ1v) is 9.39. The van der Waals surface area contributed by atoms with Gasteiger partial charge in [0.25, 0.3) is 0 Å². The van der Waals surface area contributed by atoms with E-state index >= 15 is 0 Å². The van der Waals surface area contributed by atoms with E-state index in [2.05, 4.69) is 42.2 Å². The summed E-state index contributed by atoms with van der Waals surface area (Å²) in [6.07, 6.45) is 4.14. The summed E-state index contributed by atoms with van der Waals surface area (Å²) in [6.45, 7) is 6.35. The Morgan fingerprint density at radius 1 is 1.41 bits per heavy atom. The summed E-state index contributed by atoms with van der Waals surface area (Å²) in [5.74, 6) is 0.265. The molecule has 3 atom stereocenters. The van der Waals surface area contributed by atoms with Gasteiger partial charge in [0.15, 0.2) is 0 Å². The quantitative estimate of drug-likeness (QED) is 0.832. The second kappa shape index (κ2) is 8.02. The average Bonchev–Trinajstić information content (AvgIpc) is 2.55.